The van der Waals surface area contributed by atoms with Gasteiger partial charge in [0.1, 0.15) is 17.6 Å². The van der Waals surface area contributed by atoms with Gasteiger partial charge >= 0.3 is 6.03 Å². The van der Waals surface area contributed by atoms with Crippen LogP contribution in [-0.2, 0) is 10.0 Å². The van der Waals surface area contributed by atoms with E-state index < -0.39 is 28.1 Å². The first-order valence-electron chi connectivity index (χ1n) is 14.9. The highest BCUT2D eigenvalue weighted by molar-refractivity contribution is 7.92. The number of hydrogen-bond acceptors (Lipinski definition) is 7. The topological polar surface area (TPSA) is 138 Å². The van der Waals surface area contributed by atoms with Gasteiger partial charge in [-0.2, -0.15) is 0 Å². The number of anilines is 2. The molecule has 0 radical (unpaired) electrons. The molecule has 3 amide bonds. The minimum atomic E-state index is -3.98. The molecule has 1 aliphatic rings. The molecule has 0 bridgehead atoms. The molecule has 0 aromatic heterocycles. The lowest BCUT2D eigenvalue weighted by Crippen LogP contribution is -2.50. The summed E-state index contributed by atoms with van der Waals surface area (Å²) in [6.45, 7) is 3.83. The maximum absolute atomic E-state index is 13.8. The molecular formula is C34H38N4O7S. The number of likely N-dealkylation sites (N-methyl/N-ethyl adjacent to an activating group) is 1. The van der Waals surface area contributed by atoms with Crippen molar-refractivity contribution in [3.05, 3.63) is 90.5 Å². The van der Waals surface area contributed by atoms with Crippen LogP contribution in [0.5, 0.6) is 11.5 Å². The van der Waals surface area contributed by atoms with Gasteiger partial charge in [-0.3, -0.25) is 9.52 Å². The number of carbonyl (C=O) groups is 2. The van der Waals surface area contributed by atoms with Crippen LogP contribution < -0.4 is 19.5 Å². The number of nitrogens with one attached hydrogen (secondary N) is 2. The fourth-order valence-electron chi connectivity index (χ4n) is 5.37. The zero-order valence-corrected chi connectivity index (χ0v) is 27.0. The zero-order chi connectivity index (χ0) is 33.0. The van der Waals surface area contributed by atoms with Crippen molar-refractivity contribution >= 4 is 44.1 Å². The molecule has 46 heavy (non-hydrogen) atoms. The molecular weight excluding hydrogens is 608 g/mol. The van der Waals surface area contributed by atoms with Crippen molar-refractivity contribution in [1.29, 1.82) is 0 Å². The minimum absolute atomic E-state index is 0.0249. The fraction of sp³-hybridized carbons (Fsp3) is 0.294. The molecule has 1 heterocycles. The fourth-order valence-corrected chi connectivity index (χ4v) is 6.42. The average Bonchev–Trinajstić information content (AvgIpc) is 3.06. The molecule has 0 spiro atoms. The molecule has 3 atom stereocenters. The van der Waals surface area contributed by atoms with E-state index in [0.717, 1.165) is 10.8 Å². The number of amides is 3. The minimum Gasteiger partial charge on any atom is -0.497 e. The highest BCUT2D eigenvalue weighted by Crippen LogP contribution is 2.32. The van der Waals surface area contributed by atoms with Crippen molar-refractivity contribution < 1.29 is 32.6 Å². The molecule has 0 saturated heterocycles. The zero-order valence-electron chi connectivity index (χ0n) is 26.1. The van der Waals surface area contributed by atoms with Gasteiger partial charge < -0.3 is 29.7 Å². The first-order chi connectivity index (χ1) is 22.0. The van der Waals surface area contributed by atoms with Crippen LogP contribution in [0.1, 0.15) is 24.2 Å². The first-order valence-corrected chi connectivity index (χ1v) is 16.4. The second kappa shape index (κ2) is 13.7. The van der Waals surface area contributed by atoms with Gasteiger partial charge in [0, 0.05) is 30.6 Å². The summed E-state index contributed by atoms with van der Waals surface area (Å²) in [5, 5.41) is 14.9. The predicted molar refractivity (Wildman–Crippen MR) is 177 cm³/mol. The van der Waals surface area contributed by atoms with Gasteiger partial charge in [-0.05, 0) is 60.8 Å². The summed E-state index contributed by atoms with van der Waals surface area (Å²) in [7, 11) is -0.817. The molecule has 11 nitrogen and oxygen atoms in total. The quantitative estimate of drug-likeness (QED) is 0.232. The van der Waals surface area contributed by atoms with E-state index >= 15 is 0 Å². The molecule has 0 fully saturated rings. The second-order valence-electron chi connectivity index (χ2n) is 11.5. The standard InChI is InChI=1S/C34H38N4O7S/c1-22-19-38(23(2)21-39)33(40)29-18-25(36-46(42,43)27-15-13-26(44-4)14-16-27)12-17-31(29)45-32(22)20-37(3)34(41)35-30-11-7-9-24-8-5-6-10-28(24)30/h5-18,22-23,32,36,39H,19-21H2,1-4H3,(H,35,41)/t22-,23-,32+/m0/s1. The van der Waals surface area contributed by atoms with E-state index in [1.165, 1.54) is 36.3 Å². The van der Waals surface area contributed by atoms with Crippen LogP contribution in [0.4, 0.5) is 16.2 Å². The smallest absolute Gasteiger partial charge is 0.321 e. The van der Waals surface area contributed by atoms with E-state index in [9.17, 15) is 23.1 Å². The average molecular weight is 647 g/mol. The number of aliphatic hydroxyl groups is 1. The highest BCUT2D eigenvalue weighted by atomic mass is 32.2. The lowest BCUT2D eigenvalue weighted by Gasteiger charge is -2.38. The number of nitrogens with zero attached hydrogens (tertiary/aromatic N) is 2. The number of aliphatic hydroxyl groups excluding tert-OH is 1. The molecule has 4 aromatic rings. The van der Waals surface area contributed by atoms with Gasteiger partial charge in [0.15, 0.2) is 0 Å². The van der Waals surface area contributed by atoms with Gasteiger partial charge in [-0.1, -0.05) is 43.3 Å². The van der Waals surface area contributed by atoms with Crippen LogP contribution in [-0.4, -0.2) is 81.3 Å². The van der Waals surface area contributed by atoms with Crippen LogP contribution >= 0.6 is 0 Å². The Morgan fingerprint density at radius 3 is 2.52 bits per heavy atom. The summed E-state index contributed by atoms with van der Waals surface area (Å²) >= 11 is 0. The molecule has 0 saturated carbocycles. The lowest BCUT2D eigenvalue weighted by molar-refractivity contribution is 0.0371. The van der Waals surface area contributed by atoms with Crippen molar-refractivity contribution in [3.8, 4) is 11.5 Å². The molecule has 242 valence electrons. The van der Waals surface area contributed by atoms with Gasteiger partial charge in [-0.25, -0.2) is 13.2 Å². The van der Waals surface area contributed by atoms with Crippen molar-refractivity contribution in [2.24, 2.45) is 5.92 Å². The van der Waals surface area contributed by atoms with E-state index in [4.69, 9.17) is 9.47 Å². The van der Waals surface area contributed by atoms with E-state index in [2.05, 4.69) is 10.0 Å². The van der Waals surface area contributed by atoms with Crippen LogP contribution in [0.15, 0.2) is 89.8 Å². The van der Waals surface area contributed by atoms with Crippen LogP contribution in [0.2, 0.25) is 0 Å². The van der Waals surface area contributed by atoms with Gasteiger partial charge in [-0.15, -0.1) is 0 Å². The Morgan fingerprint density at radius 1 is 1.09 bits per heavy atom. The molecule has 0 aliphatic carbocycles. The summed E-state index contributed by atoms with van der Waals surface area (Å²) < 4.78 is 40.3. The third kappa shape index (κ3) is 7.03. The molecule has 5 rings (SSSR count). The van der Waals surface area contributed by atoms with Crippen molar-refractivity contribution in [3.63, 3.8) is 0 Å². The predicted octanol–water partition coefficient (Wildman–Crippen LogP) is 5.03. The van der Waals surface area contributed by atoms with E-state index in [1.54, 1.807) is 37.1 Å². The number of fused-ring (bicyclic) bond motifs is 2. The summed E-state index contributed by atoms with van der Waals surface area (Å²) in [5.41, 5.74) is 0.986. The number of hydrogen-bond donors (Lipinski definition) is 3. The largest absolute Gasteiger partial charge is 0.497 e. The summed E-state index contributed by atoms with van der Waals surface area (Å²) in [6, 6.07) is 23.1. The number of carbonyl (C=O) groups excluding carboxylic acids is 2. The van der Waals surface area contributed by atoms with Crippen LogP contribution in [0, 0.1) is 5.92 Å². The molecule has 0 unspecified atom stereocenters. The first kappa shape index (κ1) is 32.6. The lowest BCUT2D eigenvalue weighted by atomic mass is 9.99. The SMILES string of the molecule is COc1ccc(S(=O)(=O)Nc2ccc3c(c2)C(=O)N([C@@H](C)CO)C[C@H](C)[C@@H](CN(C)C(=O)Nc2cccc4ccccc24)O3)cc1. The Hall–Kier alpha value is -4.81. The number of methoxy groups -OCH3 is 1. The van der Waals surface area contributed by atoms with Gasteiger partial charge in [0.25, 0.3) is 15.9 Å². The van der Waals surface area contributed by atoms with E-state index in [-0.39, 0.29) is 53.5 Å². The number of sulfonamides is 1. The molecule has 1 aliphatic heterocycles. The van der Waals surface area contributed by atoms with Crippen molar-refractivity contribution in [1.82, 2.24) is 9.80 Å². The Bertz CT molecular complexity index is 1830. The number of ether oxygens (including phenoxy) is 2. The molecule has 4 aromatic carbocycles. The van der Waals surface area contributed by atoms with Gasteiger partial charge in [0.05, 0.1) is 42.4 Å². The monoisotopic (exact) mass is 646 g/mol. The Kier molecular flexibility index (Phi) is 9.68. The maximum Gasteiger partial charge on any atom is 0.321 e. The summed E-state index contributed by atoms with van der Waals surface area (Å²) in [4.78, 5) is 30.2. The number of urea groups is 1. The molecule has 12 heteroatoms. The Balaban J connectivity index is 1.40. The van der Waals surface area contributed by atoms with E-state index in [0.29, 0.717) is 11.4 Å². The summed E-state index contributed by atoms with van der Waals surface area (Å²) in [6.07, 6.45) is -0.537. The second-order valence-corrected chi connectivity index (χ2v) is 13.1. The van der Waals surface area contributed by atoms with Crippen molar-refractivity contribution in [2.45, 2.75) is 30.9 Å². The van der Waals surface area contributed by atoms with Crippen LogP contribution in [0.3, 0.4) is 0 Å². The van der Waals surface area contributed by atoms with Crippen molar-refractivity contribution in [2.75, 3.05) is 43.9 Å². The third-order valence-electron chi connectivity index (χ3n) is 8.12. The highest BCUT2D eigenvalue weighted by Gasteiger charge is 2.34. The Labute approximate surface area is 268 Å². The summed E-state index contributed by atoms with van der Waals surface area (Å²) in [5.74, 6) is 0.120. The third-order valence-corrected chi connectivity index (χ3v) is 9.52. The number of rotatable bonds is 9. The number of benzene rings is 4. The van der Waals surface area contributed by atoms with Gasteiger partial charge in [0.2, 0.25) is 0 Å². The van der Waals surface area contributed by atoms with E-state index in [1.807, 2.05) is 49.4 Å². The molecule has 3 N–H and O–H groups in total. The maximum atomic E-state index is 13.8. The van der Waals surface area contributed by atoms with Crippen LogP contribution in [0.25, 0.3) is 10.8 Å². The normalized spacial score (nSPS) is 17.2. The Morgan fingerprint density at radius 2 is 1.80 bits per heavy atom.